The lowest BCUT2D eigenvalue weighted by Crippen LogP contribution is -2.49. The normalized spacial score (nSPS) is 20.9. The van der Waals surface area contributed by atoms with E-state index < -0.39 is 31.0 Å². The Morgan fingerprint density at radius 3 is 2.21 bits per heavy atom. The number of amides is 1. The van der Waals surface area contributed by atoms with Crippen LogP contribution in [0, 0.1) is 11.8 Å². The lowest BCUT2D eigenvalue weighted by Gasteiger charge is -2.32. The second kappa shape index (κ2) is 16.5. The topological polar surface area (TPSA) is 146 Å². The molecule has 39 heavy (non-hydrogen) atoms. The third-order valence-corrected chi connectivity index (χ3v) is 8.22. The van der Waals surface area contributed by atoms with Crippen LogP contribution in [0.4, 0.5) is 0 Å². The van der Waals surface area contributed by atoms with Crippen LogP contribution in [0.25, 0.3) is 0 Å². The molecule has 3 rings (SSSR count). The molecule has 0 unspecified atom stereocenters. The van der Waals surface area contributed by atoms with E-state index in [1.54, 1.807) is 0 Å². The van der Waals surface area contributed by atoms with E-state index in [4.69, 9.17) is 9.84 Å². The number of benzene rings is 1. The van der Waals surface area contributed by atoms with Crippen LogP contribution in [0.3, 0.4) is 0 Å². The molecule has 10 heteroatoms. The van der Waals surface area contributed by atoms with Crippen molar-refractivity contribution in [3.05, 3.63) is 29.8 Å². The molecule has 2 aliphatic heterocycles. The second-order valence-electron chi connectivity index (χ2n) is 11.3. The molecule has 0 radical (unpaired) electrons. The number of carbonyl (C=O) groups excluding carboxylic acids is 1. The molecule has 1 aromatic rings. The first kappa shape index (κ1) is 31.7. The maximum atomic E-state index is 12.8. The SMILES string of the molecule is CN1CCC(CCCOc2ccc(CC(=O)N3CCC(CNC[C@H](O)[C@@H](O)[C@H](O)[C@H](O)CO)CC3)cc2)CC1. The van der Waals surface area contributed by atoms with E-state index in [0.717, 1.165) is 43.1 Å². The molecule has 1 aromatic carbocycles. The van der Waals surface area contributed by atoms with Crippen molar-refractivity contribution in [1.29, 1.82) is 0 Å². The molecule has 6 N–H and O–H groups in total. The average Bonchev–Trinajstić information content (AvgIpc) is 2.96. The second-order valence-corrected chi connectivity index (χ2v) is 11.3. The highest BCUT2D eigenvalue weighted by molar-refractivity contribution is 5.78. The number of likely N-dealkylation sites (tertiary alicyclic amines) is 2. The van der Waals surface area contributed by atoms with Crippen LogP contribution < -0.4 is 10.1 Å². The third-order valence-electron chi connectivity index (χ3n) is 8.22. The van der Waals surface area contributed by atoms with Gasteiger partial charge in [0, 0.05) is 19.6 Å². The summed E-state index contributed by atoms with van der Waals surface area (Å²) in [7, 11) is 2.19. The number of hydrogen-bond donors (Lipinski definition) is 6. The standard InChI is InChI=1S/C29H49N3O7/c1-31-12-8-21(9-13-31)3-2-16-39-24-6-4-22(5-7-24)17-27(36)32-14-10-23(11-15-32)18-30-19-25(34)28(37)29(38)26(35)20-33/h4-7,21,23,25-26,28-30,33-35,37-38H,2-3,8-20H2,1H3/t25-,26+,28+,29+/m0/s1. The molecule has 0 bridgehead atoms. The first-order valence-electron chi connectivity index (χ1n) is 14.5. The maximum absolute atomic E-state index is 12.8. The lowest BCUT2D eigenvalue weighted by molar-refractivity contribution is -0.131. The summed E-state index contributed by atoms with van der Waals surface area (Å²) in [4.78, 5) is 17.1. The van der Waals surface area contributed by atoms with Crippen molar-refractivity contribution in [2.75, 3.05) is 59.5 Å². The van der Waals surface area contributed by atoms with Crippen molar-refractivity contribution in [2.45, 2.75) is 69.4 Å². The lowest BCUT2D eigenvalue weighted by atomic mass is 9.93. The highest BCUT2D eigenvalue weighted by Crippen LogP contribution is 2.22. The largest absolute Gasteiger partial charge is 0.494 e. The van der Waals surface area contributed by atoms with Crippen LogP contribution in [0.2, 0.25) is 0 Å². The van der Waals surface area contributed by atoms with Crippen molar-refractivity contribution < 1.29 is 35.1 Å². The number of nitrogens with zero attached hydrogens (tertiary/aromatic N) is 2. The average molecular weight is 552 g/mol. The molecular formula is C29H49N3O7. The number of rotatable bonds is 15. The molecule has 10 nitrogen and oxygen atoms in total. The quantitative estimate of drug-likeness (QED) is 0.166. The molecule has 0 aliphatic carbocycles. The zero-order valence-corrected chi connectivity index (χ0v) is 23.3. The monoisotopic (exact) mass is 551 g/mol. The van der Waals surface area contributed by atoms with Crippen molar-refractivity contribution in [2.24, 2.45) is 11.8 Å². The van der Waals surface area contributed by atoms with E-state index in [-0.39, 0.29) is 12.5 Å². The van der Waals surface area contributed by atoms with Gasteiger partial charge in [0.15, 0.2) is 0 Å². The smallest absolute Gasteiger partial charge is 0.226 e. The highest BCUT2D eigenvalue weighted by Gasteiger charge is 2.30. The van der Waals surface area contributed by atoms with Gasteiger partial charge in [-0.2, -0.15) is 0 Å². The molecule has 1 amide bonds. The van der Waals surface area contributed by atoms with Crippen LogP contribution >= 0.6 is 0 Å². The Hall–Kier alpha value is -1.79. The summed E-state index contributed by atoms with van der Waals surface area (Å²) in [5.74, 6) is 2.12. The van der Waals surface area contributed by atoms with Crippen LogP contribution in [0.5, 0.6) is 5.75 Å². The van der Waals surface area contributed by atoms with Gasteiger partial charge in [-0.25, -0.2) is 0 Å². The minimum Gasteiger partial charge on any atom is -0.494 e. The van der Waals surface area contributed by atoms with E-state index >= 15 is 0 Å². The van der Waals surface area contributed by atoms with E-state index in [2.05, 4.69) is 17.3 Å². The van der Waals surface area contributed by atoms with Crippen LogP contribution in [-0.4, -0.2) is 125 Å². The first-order chi connectivity index (χ1) is 18.8. The molecule has 0 saturated carbocycles. The van der Waals surface area contributed by atoms with Gasteiger partial charge >= 0.3 is 0 Å². The van der Waals surface area contributed by atoms with Gasteiger partial charge in [-0.3, -0.25) is 4.79 Å². The van der Waals surface area contributed by atoms with Gasteiger partial charge < -0.3 is 45.4 Å². The fourth-order valence-electron chi connectivity index (χ4n) is 5.41. The zero-order chi connectivity index (χ0) is 28.2. The fraction of sp³-hybridized carbons (Fsp3) is 0.759. The third kappa shape index (κ3) is 10.6. The Kier molecular flexibility index (Phi) is 13.4. The molecular weight excluding hydrogens is 502 g/mol. The summed E-state index contributed by atoms with van der Waals surface area (Å²) in [6.45, 7) is 4.44. The molecule has 2 heterocycles. The fourth-order valence-corrected chi connectivity index (χ4v) is 5.41. The summed E-state index contributed by atoms with van der Waals surface area (Å²) < 4.78 is 5.92. The van der Waals surface area contributed by atoms with Gasteiger partial charge in [-0.1, -0.05) is 12.1 Å². The number of piperidine rings is 2. The van der Waals surface area contributed by atoms with Gasteiger partial charge in [0.2, 0.25) is 5.91 Å². The summed E-state index contributed by atoms with van der Waals surface area (Å²) in [5, 5.41) is 51.0. The number of hydrogen-bond acceptors (Lipinski definition) is 9. The van der Waals surface area contributed by atoms with Crippen molar-refractivity contribution in [3.63, 3.8) is 0 Å². The van der Waals surface area contributed by atoms with E-state index in [9.17, 15) is 25.2 Å². The Bertz CT molecular complexity index is 827. The number of carbonyl (C=O) groups is 1. The van der Waals surface area contributed by atoms with Crippen LogP contribution in [0.15, 0.2) is 24.3 Å². The van der Waals surface area contributed by atoms with Crippen molar-refractivity contribution in [1.82, 2.24) is 15.1 Å². The Morgan fingerprint density at radius 2 is 1.56 bits per heavy atom. The molecule has 0 spiro atoms. The van der Waals surface area contributed by atoms with E-state index in [1.807, 2.05) is 29.2 Å². The molecule has 222 valence electrons. The predicted octanol–water partition coefficient (Wildman–Crippen LogP) is -0.00600. The molecule has 2 fully saturated rings. The number of aliphatic hydroxyl groups excluding tert-OH is 5. The van der Waals surface area contributed by atoms with Crippen molar-refractivity contribution in [3.8, 4) is 5.75 Å². The van der Waals surface area contributed by atoms with Gasteiger partial charge in [-0.15, -0.1) is 0 Å². The Morgan fingerprint density at radius 1 is 0.949 bits per heavy atom. The number of nitrogens with one attached hydrogen (secondary N) is 1. The summed E-state index contributed by atoms with van der Waals surface area (Å²) in [6, 6.07) is 7.84. The first-order valence-corrected chi connectivity index (χ1v) is 14.5. The van der Waals surface area contributed by atoms with Gasteiger partial charge in [0.1, 0.15) is 24.1 Å². The molecule has 2 aliphatic rings. The van der Waals surface area contributed by atoms with Crippen LogP contribution in [-0.2, 0) is 11.2 Å². The Labute approximate surface area is 232 Å². The highest BCUT2D eigenvalue weighted by atomic mass is 16.5. The van der Waals surface area contributed by atoms with E-state index in [0.29, 0.717) is 32.0 Å². The molecule has 4 atom stereocenters. The Balaban J connectivity index is 1.28. The van der Waals surface area contributed by atoms with Crippen molar-refractivity contribution >= 4 is 5.91 Å². The summed E-state index contributed by atoms with van der Waals surface area (Å²) in [5.41, 5.74) is 0.975. The molecule has 0 aromatic heterocycles. The van der Waals surface area contributed by atoms with Crippen LogP contribution in [0.1, 0.15) is 44.1 Å². The predicted molar refractivity (Wildman–Crippen MR) is 148 cm³/mol. The number of aliphatic hydroxyl groups is 5. The summed E-state index contributed by atoms with van der Waals surface area (Å²) in [6.07, 6.45) is 0.945. The minimum atomic E-state index is -1.62. The van der Waals surface area contributed by atoms with Gasteiger partial charge in [0.25, 0.3) is 0 Å². The summed E-state index contributed by atoms with van der Waals surface area (Å²) >= 11 is 0. The zero-order valence-electron chi connectivity index (χ0n) is 23.3. The molecule has 2 saturated heterocycles. The maximum Gasteiger partial charge on any atom is 0.226 e. The van der Waals surface area contributed by atoms with Gasteiger partial charge in [-0.05, 0) is 94.7 Å². The number of ether oxygens (including phenoxy) is 1. The van der Waals surface area contributed by atoms with E-state index in [1.165, 1.54) is 32.4 Å². The van der Waals surface area contributed by atoms with Gasteiger partial charge in [0.05, 0.1) is 25.7 Å². The minimum absolute atomic E-state index is 0.0492.